The van der Waals surface area contributed by atoms with E-state index in [2.05, 4.69) is 5.32 Å². The molecule has 0 bridgehead atoms. The van der Waals surface area contributed by atoms with Gasteiger partial charge in [-0.3, -0.25) is 4.79 Å². The second-order valence-electron chi connectivity index (χ2n) is 4.71. The summed E-state index contributed by atoms with van der Waals surface area (Å²) in [6, 6.07) is 6.19. The average molecular weight is 266 g/mol. The summed E-state index contributed by atoms with van der Waals surface area (Å²) in [5, 5.41) is 3.11. The second-order valence-corrected chi connectivity index (χ2v) is 4.71. The van der Waals surface area contributed by atoms with Gasteiger partial charge in [0.05, 0.1) is 12.6 Å². The maximum absolute atomic E-state index is 13.7. The van der Waals surface area contributed by atoms with Crippen LogP contribution in [0.3, 0.4) is 0 Å². The molecular weight excluding hydrogens is 247 g/mol. The van der Waals surface area contributed by atoms with Crippen molar-refractivity contribution in [3.8, 4) is 0 Å². The SMILES string of the molecule is C[C@H](c1ccccc1F)N(C)C(=O)[C@@H]1CNCCO1. The molecule has 1 aliphatic heterocycles. The van der Waals surface area contributed by atoms with Gasteiger partial charge in [0.2, 0.25) is 0 Å². The first-order valence-electron chi connectivity index (χ1n) is 6.44. The Bertz CT molecular complexity index is 447. The Kier molecular flexibility index (Phi) is 4.50. The van der Waals surface area contributed by atoms with Crippen molar-refractivity contribution in [3.05, 3.63) is 35.6 Å². The van der Waals surface area contributed by atoms with Gasteiger partial charge in [0.15, 0.2) is 0 Å². The van der Waals surface area contributed by atoms with E-state index in [4.69, 9.17) is 4.74 Å². The van der Waals surface area contributed by atoms with Crippen molar-refractivity contribution in [1.29, 1.82) is 0 Å². The van der Waals surface area contributed by atoms with Gasteiger partial charge in [-0.05, 0) is 13.0 Å². The second kappa shape index (κ2) is 6.12. The highest BCUT2D eigenvalue weighted by molar-refractivity contribution is 5.81. The molecule has 19 heavy (non-hydrogen) atoms. The van der Waals surface area contributed by atoms with Crippen molar-refractivity contribution in [2.45, 2.75) is 19.1 Å². The molecule has 1 aromatic carbocycles. The van der Waals surface area contributed by atoms with Crippen molar-refractivity contribution >= 4 is 5.91 Å². The predicted octanol–water partition coefficient (Wildman–Crippen LogP) is 1.33. The summed E-state index contributed by atoms with van der Waals surface area (Å²) in [4.78, 5) is 13.8. The van der Waals surface area contributed by atoms with Crippen LogP contribution in [-0.4, -0.2) is 43.7 Å². The third kappa shape index (κ3) is 3.11. The Hall–Kier alpha value is -1.46. The topological polar surface area (TPSA) is 41.6 Å². The molecule has 1 aromatic rings. The minimum atomic E-state index is -0.479. The fourth-order valence-electron chi connectivity index (χ4n) is 2.16. The van der Waals surface area contributed by atoms with Gasteiger partial charge in [0.25, 0.3) is 5.91 Å². The van der Waals surface area contributed by atoms with Crippen LogP contribution >= 0.6 is 0 Å². The normalized spacial score (nSPS) is 20.9. The maximum Gasteiger partial charge on any atom is 0.253 e. The molecule has 1 saturated heterocycles. The van der Waals surface area contributed by atoms with Gasteiger partial charge < -0.3 is 15.0 Å². The average Bonchev–Trinajstić information content (AvgIpc) is 2.46. The number of likely N-dealkylation sites (N-methyl/N-ethyl adjacent to an activating group) is 1. The van der Waals surface area contributed by atoms with Crippen molar-refractivity contribution in [3.63, 3.8) is 0 Å². The van der Waals surface area contributed by atoms with Gasteiger partial charge in [-0.25, -0.2) is 4.39 Å². The number of hydrogen-bond donors (Lipinski definition) is 1. The first kappa shape index (κ1) is 14.0. The summed E-state index contributed by atoms with van der Waals surface area (Å²) in [6.07, 6.45) is -0.479. The van der Waals surface area contributed by atoms with Gasteiger partial charge >= 0.3 is 0 Å². The van der Waals surface area contributed by atoms with Crippen molar-refractivity contribution < 1.29 is 13.9 Å². The smallest absolute Gasteiger partial charge is 0.253 e. The van der Waals surface area contributed by atoms with E-state index >= 15 is 0 Å². The van der Waals surface area contributed by atoms with Crippen LogP contribution < -0.4 is 5.32 Å². The summed E-state index contributed by atoms with van der Waals surface area (Å²) < 4.78 is 19.2. The van der Waals surface area contributed by atoms with Crippen LogP contribution in [0.2, 0.25) is 0 Å². The maximum atomic E-state index is 13.7. The Morgan fingerprint density at radius 3 is 2.89 bits per heavy atom. The van der Waals surface area contributed by atoms with Crippen LogP contribution in [0.1, 0.15) is 18.5 Å². The largest absolute Gasteiger partial charge is 0.366 e. The van der Waals surface area contributed by atoms with Crippen LogP contribution in [-0.2, 0) is 9.53 Å². The van der Waals surface area contributed by atoms with Gasteiger partial charge in [-0.1, -0.05) is 18.2 Å². The summed E-state index contributed by atoms with van der Waals surface area (Å²) in [5.41, 5.74) is 0.516. The van der Waals surface area contributed by atoms with E-state index in [-0.39, 0.29) is 17.8 Å². The zero-order chi connectivity index (χ0) is 13.8. The zero-order valence-electron chi connectivity index (χ0n) is 11.2. The van der Waals surface area contributed by atoms with Crippen LogP contribution in [0.4, 0.5) is 4.39 Å². The number of morpholine rings is 1. The molecule has 1 aliphatic rings. The molecule has 0 radical (unpaired) electrons. The van der Waals surface area contributed by atoms with E-state index in [1.807, 2.05) is 6.92 Å². The zero-order valence-corrected chi connectivity index (χ0v) is 11.2. The van der Waals surface area contributed by atoms with Crippen LogP contribution in [0.25, 0.3) is 0 Å². The Morgan fingerprint density at radius 1 is 1.53 bits per heavy atom. The molecule has 0 aliphatic carbocycles. The van der Waals surface area contributed by atoms with E-state index in [1.54, 1.807) is 25.2 Å². The molecule has 0 spiro atoms. The molecule has 4 nitrogen and oxygen atoms in total. The molecule has 2 rings (SSSR count). The number of halogens is 1. The number of rotatable bonds is 3. The molecule has 2 atom stereocenters. The van der Waals surface area contributed by atoms with Crippen molar-refractivity contribution in [2.24, 2.45) is 0 Å². The number of nitrogens with zero attached hydrogens (tertiary/aromatic N) is 1. The number of hydrogen-bond acceptors (Lipinski definition) is 3. The molecule has 1 N–H and O–H groups in total. The highest BCUT2D eigenvalue weighted by Gasteiger charge is 2.28. The van der Waals surface area contributed by atoms with Crippen molar-refractivity contribution in [2.75, 3.05) is 26.7 Å². The van der Waals surface area contributed by atoms with E-state index in [1.165, 1.54) is 11.0 Å². The molecular formula is C14H19FN2O2. The quantitative estimate of drug-likeness (QED) is 0.897. The summed E-state index contributed by atoms with van der Waals surface area (Å²) in [5.74, 6) is -0.416. The standard InChI is InChI=1S/C14H19FN2O2/c1-10(11-5-3-4-6-12(11)15)17(2)14(18)13-9-16-7-8-19-13/h3-6,10,13,16H,7-9H2,1-2H3/t10-,13+/m1/s1. The highest BCUT2D eigenvalue weighted by Crippen LogP contribution is 2.22. The minimum absolute atomic E-state index is 0.122. The lowest BCUT2D eigenvalue weighted by Crippen LogP contribution is -2.48. The lowest BCUT2D eigenvalue weighted by atomic mass is 10.1. The van der Waals surface area contributed by atoms with Crippen LogP contribution in [0.5, 0.6) is 0 Å². The minimum Gasteiger partial charge on any atom is -0.366 e. The van der Waals surface area contributed by atoms with Gasteiger partial charge in [-0.15, -0.1) is 0 Å². The van der Waals surface area contributed by atoms with E-state index in [9.17, 15) is 9.18 Å². The lowest BCUT2D eigenvalue weighted by Gasteiger charge is -2.31. The summed E-state index contributed by atoms with van der Waals surface area (Å²) in [7, 11) is 1.68. The first-order chi connectivity index (χ1) is 9.11. The molecule has 0 unspecified atom stereocenters. The molecule has 0 aromatic heterocycles. The van der Waals surface area contributed by atoms with Crippen LogP contribution in [0, 0.1) is 5.82 Å². The third-order valence-electron chi connectivity index (χ3n) is 3.49. The third-order valence-corrected chi connectivity index (χ3v) is 3.49. The molecule has 1 heterocycles. The number of carbonyl (C=O) groups is 1. The lowest BCUT2D eigenvalue weighted by molar-refractivity contribution is -0.145. The molecule has 104 valence electrons. The predicted molar refractivity (Wildman–Crippen MR) is 70.2 cm³/mol. The monoisotopic (exact) mass is 266 g/mol. The van der Waals surface area contributed by atoms with E-state index in [0.717, 1.165) is 6.54 Å². The molecule has 5 heteroatoms. The molecule has 1 amide bonds. The van der Waals surface area contributed by atoms with Gasteiger partial charge in [0.1, 0.15) is 11.9 Å². The number of carbonyl (C=O) groups excluding carboxylic acids is 1. The highest BCUT2D eigenvalue weighted by atomic mass is 19.1. The summed E-state index contributed by atoms with van der Waals surface area (Å²) in [6.45, 7) is 3.61. The number of amides is 1. The number of nitrogens with one attached hydrogen (secondary N) is 1. The van der Waals surface area contributed by atoms with Gasteiger partial charge in [-0.2, -0.15) is 0 Å². The fourth-order valence-corrected chi connectivity index (χ4v) is 2.16. The Morgan fingerprint density at radius 2 is 2.26 bits per heavy atom. The fraction of sp³-hybridized carbons (Fsp3) is 0.500. The van der Waals surface area contributed by atoms with E-state index in [0.29, 0.717) is 18.7 Å². The van der Waals surface area contributed by atoms with Crippen LogP contribution in [0.15, 0.2) is 24.3 Å². The summed E-state index contributed by atoms with van der Waals surface area (Å²) >= 11 is 0. The Balaban J connectivity index is 2.08. The van der Waals surface area contributed by atoms with E-state index < -0.39 is 6.10 Å². The first-order valence-corrected chi connectivity index (χ1v) is 6.44. The van der Waals surface area contributed by atoms with Gasteiger partial charge in [0, 0.05) is 25.7 Å². The van der Waals surface area contributed by atoms with Crippen molar-refractivity contribution in [1.82, 2.24) is 10.2 Å². The Labute approximate surface area is 112 Å². The number of benzene rings is 1. The molecule has 0 saturated carbocycles. The molecule has 1 fully saturated rings. The number of ether oxygens (including phenoxy) is 1.